The lowest BCUT2D eigenvalue weighted by molar-refractivity contribution is 0.196. The molecule has 2 rings (SSSR count). The van der Waals surface area contributed by atoms with E-state index in [1.165, 1.54) is 10.5 Å². The summed E-state index contributed by atoms with van der Waals surface area (Å²) >= 11 is 0. The lowest BCUT2D eigenvalue weighted by Gasteiger charge is -2.39. The molecular weight excluding hydrogens is 293 g/mol. The molecule has 0 spiro atoms. The maximum absolute atomic E-state index is 13.3. The van der Waals surface area contributed by atoms with Crippen molar-refractivity contribution in [3.05, 3.63) is 24.3 Å². The number of hydrogen-bond acceptors (Lipinski definition) is 4. The van der Waals surface area contributed by atoms with Crippen LogP contribution in [0.2, 0.25) is 0 Å². The van der Waals surface area contributed by atoms with Crippen molar-refractivity contribution in [3.8, 4) is 0 Å². The summed E-state index contributed by atoms with van der Waals surface area (Å²) in [6, 6.07) is 1.000. The van der Waals surface area contributed by atoms with Gasteiger partial charge in [0.15, 0.2) is 0 Å². The lowest BCUT2D eigenvalue weighted by Crippen LogP contribution is -2.54. The molecule has 0 radical (unpaired) electrons. The Labute approximate surface area is 125 Å². The van der Waals surface area contributed by atoms with E-state index in [-0.39, 0.29) is 11.4 Å². The van der Waals surface area contributed by atoms with Gasteiger partial charge in [-0.2, -0.15) is 4.31 Å². The third-order valence-corrected chi connectivity index (χ3v) is 6.35. The number of halogens is 1. The predicted molar refractivity (Wildman–Crippen MR) is 78.6 cm³/mol. The van der Waals surface area contributed by atoms with Crippen LogP contribution in [0.5, 0.6) is 0 Å². The van der Waals surface area contributed by atoms with Crippen LogP contribution in [-0.4, -0.2) is 36.8 Å². The van der Waals surface area contributed by atoms with Gasteiger partial charge in [-0.15, -0.1) is 0 Å². The van der Waals surface area contributed by atoms with Crippen LogP contribution in [0, 0.1) is 5.82 Å². The quantitative estimate of drug-likeness (QED) is 0.861. The van der Waals surface area contributed by atoms with Gasteiger partial charge in [0.25, 0.3) is 0 Å². The highest BCUT2D eigenvalue weighted by Gasteiger charge is 2.40. The van der Waals surface area contributed by atoms with E-state index >= 15 is 0 Å². The zero-order valence-corrected chi connectivity index (χ0v) is 13.1. The molecule has 1 saturated carbocycles. The molecule has 2 N–H and O–H groups in total. The van der Waals surface area contributed by atoms with E-state index in [0.29, 0.717) is 0 Å². The second-order valence-corrected chi connectivity index (χ2v) is 7.62. The largest absolute Gasteiger partial charge is 0.329 e. The molecule has 5 nitrogen and oxygen atoms in total. The van der Waals surface area contributed by atoms with Crippen molar-refractivity contribution in [1.82, 2.24) is 9.29 Å². The first-order valence-electron chi connectivity index (χ1n) is 7.22. The summed E-state index contributed by atoms with van der Waals surface area (Å²) in [6.45, 7) is 0.269. The molecule has 7 heteroatoms. The number of sulfonamides is 1. The van der Waals surface area contributed by atoms with Crippen LogP contribution in [0.15, 0.2) is 23.4 Å². The summed E-state index contributed by atoms with van der Waals surface area (Å²) < 4.78 is 40.1. The Kier molecular flexibility index (Phi) is 4.95. The van der Waals surface area contributed by atoms with E-state index < -0.39 is 21.4 Å². The van der Waals surface area contributed by atoms with Crippen molar-refractivity contribution in [1.29, 1.82) is 0 Å². The summed E-state index contributed by atoms with van der Waals surface area (Å²) in [4.78, 5) is 3.51. The van der Waals surface area contributed by atoms with E-state index in [2.05, 4.69) is 4.98 Å². The van der Waals surface area contributed by atoms with E-state index in [4.69, 9.17) is 5.73 Å². The van der Waals surface area contributed by atoms with Crippen LogP contribution < -0.4 is 5.73 Å². The van der Waals surface area contributed by atoms with Crippen LogP contribution in [-0.2, 0) is 10.0 Å². The fraction of sp³-hybridized carbons (Fsp3) is 0.643. The summed E-state index contributed by atoms with van der Waals surface area (Å²) in [6.07, 6.45) is 7.74. The van der Waals surface area contributed by atoms with Gasteiger partial charge < -0.3 is 5.73 Å². The zero-order valence-electron chi connectivity index (χ0n) is 12.3. The van der Waals surface area contributed by atoms with Gasteiger partial charge in [0.1, 0.15) is 10.7 Å². The Morgan fingerprint density at radius 1 is 1.29 bits per heavy atom. The first-order chi connectivity index (χ1) is 9.92. The van der Waals surface area contributed by atoms with Gasteiger partial charge in [-0.1, -0.05) is 25.7 Å². The predicted octanol–water partition coefficient (Wildman–Crippen LogP) is 1.89. The molecule has 0 unspecified atom stereocenters. The Balaban J connectivity index is 2.37. The molecule has 0 amide bonds. The minimum Gasteiger partial charge on any atom is -0.329 e. The van der Waals surface area contributed by atoms with E-state index in [9.17, 15) is 12.8 Å². The minimum absolute atomic E-state index is 0.123. The average Bonchev–Trinajstić information content (AvgIpc) is 2.72. The first kappa shape index (κ1) is 16.3. The minimum atomic E-state index is -3.80. The molecule has 1 aliphatic carbocycles. The second kappa shape index (κ2) is 6.37. The molecular formula is C14H22FN3O2S. The Hall–Kier alpha value is -1.05. The standard InChI is InChI=1S/C14H22FN3O2S/c1-18(14(11-16)6-4-2-3-5-7-14)21(19,20)13-8-12(15)9-17-10-13/h8-10H,2-7,11,16H2,1H3. The van der Waals surface area contributed by atoms with Crippen LogP contribution in [0.3, 0.4) is 0 Å². The molecule has 21 heavy (non-hydrogen) atoms. The van der Waals surface area contributed by atoms with Gasteiger partial charge in [0, 0.05) is 25.3 Å². The number of nitrogens with zero attached hydrogens (tertiary/aromatic N) is 2. The van der Waals surface area contributed by atoms with Gasteiger partial charge >= 0.3 is 0 Å². The molecule has 1 fully saturated rings. The van der Waals surface area contributed by atoms with Crippen molar-refractivity contribution in [3.63, 3.8) is 0 Å². The maximum atomic E-state index is 13.3. The van der Waals surface area contributed by atoms with Crippen LogP contribution >= 0.6 is 0 Å². The highest BCUT2D eigenvalue weighted by molar-refractivity contribution is 7.89. The molecule has 1 aliphatic rings. The lowest BCUT2D eigenvalue weighted by atomic mass is 9.90. The highest BCUT2D eigenvalue weighted by Crippen LogP contribution is 2.34. The van der Waals surface area contributed by atoms with Crippen molar-refractivity contribution in [2.75, 3.05) is 13.6 Å². The van der Waals surface area contributed by atoms with Gasteiger partial charge in [-0.05, 0) is 18.9 Å². The molecule has 0 aliphatic heterocycles. The maximum Gasteiger partial charge on any atom is 0.245 e. The monoisotopic (exact) mass is 315 g/mol. The third kappa shape index (κ3) is 3.25. The molecule has 0 bridgehead atoms. The van der Waals surface area contributed by atoms with E-state index in [1.807, 2.05) is 0 Å². The number of pyridine rings is 1. The summed E-state index contributed by atoms with van der Waals surface area (Å²) in [5.41, 5.74) is 5.34. The third-order valence-electron chi connectivity index (χ3n) is 4.42. The van der Waals surface area contributed by atoms with Crippen LogP contribution in [0.25, 0.3) is 0 Å². The summed E-state index contributed by atoms with van der Waals surface area (Å²) in [5.74, 6) is -0.660. The van der Waals surface area contributed by atoms with Crippen molar-refractivity contribution in [2.45, 2.75) is 49.0 Å². The molecule has 0 atom stereocenters. The first-order valence-corrected chi connectivity index (χ1v) is 8.66. The average molecular weight is 315 g/mol. The molecule has 0 aromatic carbocycles. The summed E-state index contributed by atoms with van der Waals surface area (Å²) in [5, 5.41) is 0. The number of likely N-dealkylation sites (N-methyl/N-ethyl adjacent to an activating group) is 1. The number of aromatic nitrogens is 1. The fourth-order valence-corrected chi connectivity index (χ4v) is 4.52. The molecule has 1 heterocycles. The van der Waals surface area contributed by atoms with Crippen molar-refractivity contribution in [2.24, 2.45) is 5.73 Å². The molecule has 0 saturated heterocycles. The summed E-state index contributed by atoms with van der Waals surface area (Å²) in [7, 11) is -2.26. The Morgan fingerprint density at radius 2 is 1.90 bits per heavy atom. The van der Waals surface area contributed by atoms with Crippen molar-refractivity contribution >= 4 is 10.0 Å². The SMILES string of the molecule is CN(C1(CN)CCCCCC1)S(=O)(=O)c1cncc(F)c1. The zero-order chi connectivity index (χ0) is 15.5. The molecule has 1 aromatic heterocycles. The number of hydrogen-bond donors (Lipinski definition) is 1. The number of rotatable bonds is 4. The highest BCUT2D eigenvalue weighted by atomic mass is 32.2. The van der Waals surface area contributed by atoms with Crippen molar-refractivity contribution < 1.29 is 12.8 Å². The normalized spacial score (nSPS) is 19.4. The van der Waals surface area contributed by atoms with Gasteiger partial charge in [0.05, 0.1) is 6.20 Å². The number of nitrogens with two attached hydrogens (primary N) is 1. The topological polar surface area (TPSA) is 76.3 Å². The molecule has 1 aromatic rings. The smallest absolute Gasteiger partial charge is 0.245 e. The second-order valence-electron chi connectivity index (χ2n) is 5.65. The van der Waals surface area contributed by atoms with Gasteiger partial charge in [0.2, 0.25) is 10.0 Å². The fourth-order valence-electron chi connectivity index (χ4n) is 2.98. The molecule has 118 valence electrons. The van der Waals surface area contributed by atoms with Gasteiger partial charge in [-0.25, -0.2) is 12.8 Å². The Morgan fingerprint density at radius 3 is 2.43 bits per heavy atom. The Bertz CT molecular complexity index is 584. The van der Waals surface area contributed by atoms with Crippen LogP contribution in [0.1, 0.15) is 38.5 Å². The van der Waals surface area contributed by atoms with Crippen LogP contribution in [0.4, 0.5) is 4.39 Å². The van der Waals surface area contributed by atoms with Gasteiger partial charge in [-0.3, -0.25) is 4.98 Å². The van der Waals surface area contributed by atoms with E-state index in [1.54, 1.807) is 7.05 Å². The van der Waals surface area contributed by atoms with E-state index in [0.717, 1.165) is 50.8 Å².